The summed E-state index contributed by atoms with van der Waals surface area (Å²) in [4.78, 5) is 28.2. The standard InChI is InChI=1S/C22H29Cl2N5O5S/c1-22(2,3)19(13-27-18-10-16(24)15(23)9-17(18)25-4)34-21(31)28-11-14(30)12-29-35(32,33)20-7-5-6-8-26-20/h5-10,19,25,27,29H,11-13H2,1-4H3,(H,28,31)/t19-/m1/s1. The van der Waals surface area contributed by atoms with Gasteiger partial charge in [0.15, 0.2) is 10.8 Å². The zero-order chi connectivity index (χ0) is 26.2. The van der Waals surface area contributed by atoms with E-state index >= 15 is 0 Å². The third-order valence-corrected chi connectivity index (χ3v) is 6.86. The molecule has 2 aromatic rings. The molecule has 0 radical (unpaired) electrons. The lowest BCUT2D eigenvalue weighted by Crippen LogP contribution is -2.42. The number of halogens is 2. The van der Waals surface area contributed by atoms with Crippen LogP contribution >= 0.6 is 23.2 Å². The molecule has 1 aromatic heterocycles. The van der Waals surface area contributed by atoms with E-state index < -0.39 is 46.5 Å². The largest absolute Gasteiger partial charge is 0.444 e. The number of pyridine rings is 1. The van der Waals surface area contributed by atoms with E-state index in [4.69, 9.17) is 27.9 Å². The van der Waals surface area contributed by atoms with Crippen molar-refractivity contribution in [2.75, 3.05) is 37.3 Å². The van der Waals surface area contributed by atoms with Crippen molar-refractivity contribution in [2.24, 2.45) is 5.41 Å². The number of anilines is 2. The van der Waals surface area contributed by atoms with Crippen LogP contribution in [-0.2, 0) is 19.6 Å². The summed E-state index contributed by atoms with van der Waals surface area (Å²) < 4.78 is 32.0. The average Bonchev–Trinajstić information content (AvgIpc) is 2.80. The second kappa shape index (κ2) is 12.4. The molecule has 0 aliphatic carbocycles. The van der Waals surface area contributed by atoms with Crippen molar-refractivity contribution in [3.8, 4) is 0 Å². The molecule has 0 unspecified atom stereocenters. The molecule has 0 fully saturated rings. The first kappa shape index (κ1) is 28.6. The summed E-state index contributed by atoms with van der Waals surface area (Å²) in [7, 11) is -2.20. The van der Waals surface area contributed by atoms with Gasteiger partial charge in [0, 0.05) is 18.7 Å². The molecule has 0 aliphatic heterocycles. The fourth-order valence-electron chi connectivity index (χ4n) is 2.79. The highest BCUT2D eigenvalue weighted by atomic mass is 35.5. The Morgan fingerprint density at radius 1 is 1.09 bits per heavy atom. The van der Waals surface area contributed by atoms with Gasteiger partial charge in [-0.05, 0) is 24.3 Å². The number of alkyl carbamates (subject to hydrolysis) is 1. The fourth-order valence-corrected chi connectivity index (χ4v) is 4.07. The maximum absolute atomic E-state index is 12.3. The summed E-state index contributed by atoms with van der Waals surface area (Å²) in [5.41, 5.74) is 0.952. The number of aromatic nitrogens is 1. The number of ketones is 1. The number of rotatable bonds is 11. The second-order valence-electron chi connectivity index (χ2n) is 8.59. The number of nitrogens with one attached hydrogen (secondary N) is 4. The van der Waals surface area contributed by atoms with Crippen LogP contribution in [0.4, 0.5) is 16.2 Å². The third kappa shape index (κ3) is 8.84. The number of benzene rings is 1. The van der Waals surface area contributed by atoms with E-state index in [9.17, 15) is 18.0 Å². The Kier molecular flexibility index (Phi) is 10.1. The van der Waals surface area contributed by atoms with Gasteiger partial charge < -0.3 is 20.7 Å². The first-order chi connectivity index (χ1) is 16.3. The molecule has 1 atom stereocenters. The summed E-state index contributed by atoms with van der Waals surface area (Å²) in [6, 6.07) is 7.74. The van der Waals surface area contributed by atoms with Crippen LogP contribution in [0.3, 0.4) is 0 Å². The van der Waals surface area contributed by atoms with Crippen LogP contribution in [0.5, 0.6) is 0 Å². The molecule has 1 heterocycles. The topological polar surface area (TPSA) is 139 Å². The zero-order valence-corrected chi connectivity index (χ0v) is 22.1. The monoisotopic (exact) mass is 545 g/mol. The van der Waals surface area contributed by atoms with E-state index in [1.807, 2.05) is 20.8 Å². The SMILES string of the molecule is CNc1cc(Cl)c(Cl)cc1NC[C@@H](OC(=O)NCC(=O)CNS(=O)(=O)c1ccccn1)C(C)(C)C. The van der Waals surface area contributed by atoms with Gasteiger partial charge in [0.05, 0.1) is 41.1 Å². The van der Waals surface area contributed by atoms with Gasteiger partial charge in [-0.15, -0.1) is 0 Å². The lowest BCUT2D eigenvalue weighted by molar-refractivity contribution is -0.117. The van der Waals surface area contributed by atoms with Gasteiger partial charge in [-0.3, -0.25) is 4.79 Å². The Labute approximate surface area is 215 Å². The summed E-state index contributed by atoms with van der Waals surface area (Å²) in [6.45, 7) is 5.04. The van der Waals surface area contributed by atoms with Crippen LogP contribution in [0.1, 0.15) is 20.8 Å². The van der Waals surface area contributed by atoms with Crippen molar-refractivity contribution in [2.45, 2.75) is 31.9 Å². The number of hydrogen-bond donors (Lipinski definition) is 4. The van der Waals surface area contributed by atoms with Crippen LogP contribution in [0.25, 0.3) is 0 Å². The average molecular weight is 546 g/mol. The number of Topliss-reactive ketones (excluding diaryl/α,β-unsaturated/α-hetero) is 1. The number of nitrogens with zero attached hydrogens (tertiary/aromatic N) is 1. The number of sulfonamides is 1. The van der Waals surface area contributed by atoms with Gasteiger partial charge in [0.2, 0.25) is 0 Å². The van der Waals surface area contributed by atoms with E-state index in [0.29, 0.717) is 15.7 Å². The van der Waals surface area contributed by atoms with Crippen molar-refractivity contribution in [3.63, 3.8) is 0 Å². The van der Waals surface area contributed by atoms with Crippen LogP contribution in [0.15, 0.2) is 41.6 Å². The predicted molar refractivity (Wildman–Crippen MR) is 137 cm³/mol. The van der Waals surface area contributed by atoms with Gasteiger partial charge in [0.25, 0.3) is 10.0 Å². The maximum atomic E-state index is 12.3. The first-order valence-electron chi connectivity index (χ1n) is 10.6. The smallest absolute Gasteiger partial charge is 0.407 e. The summed E-state index contributed by atoms with van der Waals surface area (Å²) in [5.74, 6) is -0.554. The lowest BCUT2D eigenvalue weighted by atomic mass is 9.89. The zero-order valence-electron chi connectivity index (χ0n) is 19.8. The number of carbonyl (C=O) groups is 2. The fraction of sp³-hybridized carbons (Fsp3) is 0.409. The Balaban J connectivity index is 1.90. The van der Waals surface area contributed by atoms with Crippen molar-refractivity contribution in [1.82, 2.24) is 15.0 Å². The molecule has 13 heteroatoms. The van der Waals surface area contributed by atoms with Crippen molar-refractivity contribution in [3.05, 3.63) is 46.6 Å². The minimum atomic E-state index is -3.93. The quantitative estimate of drug-likeness (QED) is 0.336. The van der Waals surface area contributed by atoms with E-state index in [0.717, 1.165) is 5.69 Å². The number of ether oxygens (including phenoxy) is 1. The highest BCUT2D eigenvalue weighted by Crippen LogP contribution is 2.33. The maximum Gasteiger partial charge on any atom is 0.407 e. The van der Waals surface area contributed by atoms with Crippen LogP contribution in [0, 0.1) is 5.41 Å². The summed E-state index contributed by atoms with van der Waals surface area (Å²) in [6.07, 6.45) is -0.0646. The highest BCUT2D eigenvalue weighted by Gasteiger charge is 2.29. The predicted octanol–water partition coefficient (Wildman–Crippen LogP) is 3.53. The lowest BCUT2D eigenvalue weighted by Gasteiger charge is -2.31. The molecule has 1 amide bonds. The molecule has 0 aliphatic rings. The van der Waals surface area contributed by atoms with E-state index in [1.165, 1.54) is 18.3 Å². The molecule has 1 aromatic carbocycles. The van der Waals surface area contributed by atoms with Crippen molar-refractivity contribution < 1.29 is 22.7 Å². The minimum absolute atomic E-state index is 0.205. The van der Waals surface area contributed by atoms with Gasteiger partial charge >= 0.3 is 6.09 Å². The Morgan fingerprint density at radius 2 is 1.74 bits per heavy atom. The van der Waals surface area contributed by atoms with Crippen LogP contribution in [0.2, 0.25) is 10.0 Å². The molecule has 192 valence electrons. The van der Waals surface area contributed by atoms with Gasteiger partial charge in [0.1, 0.15) is 6.10 Å². The van der Waals surface area contributed by atoms with Crippen LogP contribution < -0.4 is 20.7 Å². The van der Waals surface area contributed by atoms with Gasteiger partial charge in [-0.25, -0.2) is 22.9 Å². The van der Waals surface area contributed by atoms with E-state index in [1.54, 1.807) is 25.2 Å². The van der Waals surface area contributed by atoms with E-state index in [2.05, 4.69) is 25.7 Å². The molecule has 0 saturated carbocycles. The molecule has 0 bridgehead atoms. The van der Waals surface area contributed by atoms with Crippen molar-refractivity contribution in [1.29, 1.82) is 0 Å². The second-order valence-corrected chi connectivity index (χ2v) is 11.1. The number of hydrogen-bond acceptors (Lipinski definition) is 8. The molecule has 0 saturated heterocycles. The minimum Gasteiger partial charge on any atom is -0.444 e. The van der Waals surface area contributed by atoms with Crippen LogP contribution in [-0.4, -0.2) is 58.1 Å². The molecular weight excluding hydrogens is 517 g/mol. The first-order valence-corrected chi connectivity index (χ1v) is 12.8. The normalized spacial score (nSPS) is 12.5. The highest BCUT2D eigenvalue weighted by molar-refractivity contribution is 7.89. The molecule has 0 spiro atoms. The van der Waals surface area contributed by atoms with E-state index in [-0.39, 0.29) is 11.6 Å². The Bertz CT molecular complexity index is 1140. The number of carbonyl (C=O) groups excluding carboxylic acids is 2. The Hall–Kier alpha value is -2.60. The summed E-state index contributed by atoms with van der Waals surface area (Å²) >= 11 is 12.2. The molecular formula is C22H29Cl2N5O5S. The van der Waals surface area contributed by atoms with Crippen molar-refractivity contribution >= 4 is 56.5 Å². The molecule has 10 nitrogen and oxygen atoms in total. The third-order valence-electron chi connectivity index (χ3n) is 4.83. The van der Waals surface area contributed by atoms with Gasteiger partial charge in [-0.1, -0.05) is 50.0 Å². The summed E-state index contributed by atoms with van der Waals surface area (Å²) in [5, 5.41) is 9.14. The molecule has 2 rings (SSSR count). The molecule has 35 heavy (non-hydrogen) atoms. The molecule has 4 N–H and O–H groups in total. The number of amides is 1. The van der Waals surface area contributed by atoms with Gasteiger partial charge in [-0.2, -0.15) is 0 Å². The Morgan fingerprint density at radius 3 is 2.31 bits per heavy atom.